The molecule has 2 rings (SSSR count). The number of rotatable bonds is 4. The zero-order valence-electron chi connectivity index (χ0n) is 10.6. The Hall–Kier alpha value is -1.20. The summed E-state index contributed by atoms with van der Waals surface area (Å²) in [5.74, 6) is -0.351. The van der Waals surface area contributed by atoms with Crippen LogP contribution in [0.5, 0.6) is 0 Å². The Morgan fingerprint density at radius 1 is 1.72 bits per heavy atom. The second-order valence-electron chi connectivity index (χ2n) is 4.67. The largest absolute Gasteiger partial charge is 0.465 e. The van der Waals surface area contributed by atoms with Crippen molar-refractivity contribution in [3.05, 3.63) is 28.2 Å². The number of allylic oxidation sites excluding steroid dienone is 1. The van der Waals surface area contributed by atoms with Crippen molar-refractivity contribution in [2.45, 2.75) is 32.8 Å². The minimum Gasteiger partial charge on any atom is -0.465 e. The van der Waals surface area contributed by atoms with Gasteiger partial charge in [0, 0.05) is 5.38 Å². The average molecular weight is 267 g/mol. The van der Waals surface area contributed by atoms with E-state index < -0.39 is 11.5 Å². The third kappa shape index (κ3) is 2.08. The predicted molar refractivity (Wildman–Crippen MR) is 69.3 cm³/mol. The number of ether oxygens (including phenoxy) is 1. The Morgan fingerprint density at radius 2 is 2.39 bits per heavy atom. The molecule has 1 unspecified atom stereocenters. The van der Waals surface area contributed by atoms with Crippen molar-refractivity contribution < 1.29 is 14.6 Å². The molecule has 1 aromatic heterocycles. The topological polar surface area (TPSA) is 59.4 Å². The molecule has 1 saturated carbocycles. The lowest BCUT2D eigenvalue weighted by atomic mass is 9.62. The number of aliphatic hydroxyl groups excluding tert-OH is 1. The van der Waals surface area contributed by atoms with Gasteiger partial charge in [0.15, 0.2) is 0 Å². The van der Waals surface area contributed by atoms with Crippen LogP contribution in [0, 0.1) is 12.3 Å². The Bertz CT molecular complexity index is 472. The summed E-state index contributed by atoms with van der Waals surface area (Å²) in [7, 11) is 0. The van der Waals surface area contributed by atoms with Gasteiger partial charge in [-0.05, 0) is 26.7 Å². The first kappa shape index (κ1) is 13.2. The van der Waals surface area contributed by atoms with Crippen molar-refractivity contribution in [3.8, 4) is 0 Å². The fraction of sp³-hybridized carbons (Fsp3) is 0.538. The number of aryl methyl sites for hydroxylation is 1. The highest BCUT2D eigenvalue weighted by molar-refractivity contribution is 7.09. The zero-order valence-corrected chi connectivity index (χ0v) is 11.4. The summed E-state index contributed by atoms with van der Waals surface area (Å²) < 4.78 is 5.08. The van der Waals surface area contributed by atoms with Crippen LogP contribution in [0.3, 0.4) is 0 Å². The van der Waals surface area contributed by atoms with Crippen LogP contribution in [0.25, 0.3) is 0 Å². The number of carbonyl (C=O) groups excluding carboxylic acids is 1. The van der Waals surface area contributed by atoms with Gasteiger partial charge >= 0.3 is 5.97 Å². The SMILES string of the molecule is C=C1CC(C(=O)OCC)(C(O)c2csc(C)n2)C1. The molecule has 1 aliphatic carbocycles. The molecular formula is C13H17NO3S. The highest BCUT2D eigenvalue weighted by Gasteiger charge is 2.54. The van der Waals surface area contributed by atoms with Gasteiger partial charge in [0.05, 0.1) is 17.3 Å². The van der Waals surface area contributed by atoms with Gasteiger partial charge in [-0.25, -0.2) is 4.98 Å². The van der Waals surface area contributed by atoms with E-state index in [9.17, 15) is 9.90 Å². The summed E-state index contributed by atoms with van der Waals surface area (Å²) in [5.41, 5.74) is 0.639. The van der Waals surface area contributed by atoms with Crippen molar-refractivity contribution in [1.82, 2.24) is 4.98 Å². The maximum absolute atomic E-state index is 12.1. The number of hydrogen-bond acceptors (Lipinski definition) is 5. The Balaban J connectivity index is 2.25. The normalized spacial score (nSPS) is 19.2. The summed E-state index contributed by atoms with van der Waals surface area (Å²) in [5, 5.41) is 13.1. The van der Waals surface area contributed by atoms with Gasteiger partial charge in [-0.3, -0.25) is 4.79 Å². The number of thiazole rings is 1. The summed E-state index contributed by atoms with van der Waals surface area (Å²) in [4.78, 5) is 16.3. The van der Waals surface area contributed by atoms with Crippen molar-refractivity contribution in [2.75, 3.05) is 6.61 Å². The molecule has 98 valence electrons. The summed E-state index contributed by atoms with van der Waals surface area (Å²) in [6, 6.07) is 0. The molecule has 1 N–H and O–H groups in total. The third-order valence-electron chi connectivity index (χ3n) is 3.25. The van der Waals surface area contributed by atoms with Crippen LogP contribution >= 0.6 is 11.3 Å². The van der Waals surface area contributed by atoms with Gasteiger partial charge in [-0.15, -0.1) is 11.3 Å². The van der Waals surface area contributed by atoms with Gasteiger partial charge in [0.2, 0.25) is 0 Å². The van der Waals surface area contributed by atoms with Crippen LogP contribution in [0.15, 0.2) is 17.5 Å². The first-order valence-electron chi connectivity index (χ1n) is 5.93. The van der Waals surface area contributed by atoms with Crippen LogP contribution in [-0.2, 0) is 9.53 Å². The molecule has 1 atom stereocenters. The molecule has 0 saturated heterocycles. The Morgan fingerprint density at radius 3 is 2.83 bits per heavy atom. The van der Waals surface area contributed by atoms with Crippen molar-refractivity contribution in [3.63, 3.8) is 0 Å². The average Bonchev–Trinajstić information content (AvgIpc) is 2.70. The van der Waals surface area contributed by atoms with Crippen LogP contribution in [-0.4, -0.2) is 22.7 Å². The third-order valence-corrected chi connectivity index (χ3v) is 4.04. The molecule has 1 aliphatic rings. The molecule has 0 radical (unpaired) electrons. The quantitative estimate of drug-likeness (QED) is 0.672. The van der Waals surface area contributed by atoms with Crippen LogP contribution < -0.4 is 0 Å². The van der Waals surface area contributed by atoms with E-state index in [1.165, 1.54) is 11.3 Å². The van der Waals surface area contributed by atoms with Gasteiger partial charge in [-0.2, -0.15) is 0 Å². The van der Waals surface area contributed by atoms with Gasteiger partial charge in [-0.1, -0.05) is 12.2 Å². The van der Waals surface area contributed by atoms with Gasteiger partial charge < -0.3 is 9.84 Å². The lowest BCUT2D eigenvalue weighted by Crippen LogP contribution is -2.45. The second-order valence-corrected chi connectivity index (χ2v) is 5.74. The van der Waals surface area contributed by atoms with E-state index in [0.29, 0.717) is 25.1 Å². The first-order chi connectivity index (χ1) is 8.49. The molecule has 0 bridgehead atoms. The molecule has 1 heterocycles. The predicted octanol–water partition coefficient (Wildman–Crippen LogP) is 2.38. The van der Waals surface area contributed by atoms with Crippen molar-refractivity contribution >= 4 is 17.3 Å². The molecular weight excluding hydrogens is 250 g/mol. The fourth-order valence-corrected chi connectivity index (χ4v) is 2.98. The van der Waals surface area contributed by atoms with Gasteiger partial charge in [0.25, 0.3) is 0 Å². The van der Waals surface area contributed by atoms with Crippen molar-refractivity contribution in [1.29, 1.82) is 0 Å². The van der Waals surface area contributed by atoms with E-state index in [4.69, 9.17) is 4.74 Å². The van der Waals surface area contributed by atoms with E-state index in [1.54, 1.807) is 12.3 Å². The number of aliphatic hydroxyl groups is 1. The van der Waals surface area contributed by atoms with Crippen LogP contribution in [0.1, 0.15) is 36.6 Å². The molecule has 0 amide bonds. The monoisotopic (exact) mass is 267 g/mol. The Labute approximate surface area is 110 Å². The summed E-state index contributed by atoms with van der Waals surface area (Å²) in [6.07, 6.45) is 0.0414. The van der Waals surface area contributed by atoms with Crippen LogP contribution in [0.4, 0.5) is 0 Å². The Kier molecular flexibility index (Phi) is 3.54. The molecule has 18 heavy (non-hydrogen) atoms. The summed E-state index contributed by atoms with van der Waals surface area (Å²) in [6.45, 7) is 7.79. The number of hydrogen-bond donors (Lipinski definition) is 1. The maximum atomic E-state index is 12.1. The van der Waals surface area contributed by atoms with Gasteiger partial charge in [0.1, 0.15) is 11.5 Å². The molecule has 1 fully saturated rings. The highest BCUT2D eigenvalue weighted by Crippen LogP contribution is 2.53. The molecule has 0 aliphatic heterocycles. The highest BCUT2D eigenvalue weighted by atomic mass is 32.1. The molecule has 5 heteroatoms. The minimum absolute atomic E-state index is 0.315. The molecule has 1 aromatic rings. The first-order valence-corrected chi connectivity index (χ1v) is 6.81. The number of esters is 1. The second kappa shape index (κ2) is 4.82. The number of carbonyl (C=O) groups is 1. The van der Waals surface area contributed by atoms with Crippen molar-refractivity contribution in [2.24, 2.45) is 5.41 Å². The van der Waals surface area contributed by atoms with E-state index in [2.05, 4.69) is 11.6 Å². The molecule has 0 aromatic carbocycles. The molecule has 0 spiro atoms. The number of aromatic nitrogens is 1. The fourth-order valence-electron chi connectivity index (χ4n) is 2.35. The molecule has 4 nitrogen and oxygen atoms in total. The van der Waals surface area contributed by atoms with E-state index in [1.807, 2.05) is 6.92 Å². The maximum Gasteiger partial charge on any atom is 0.315 e. The lowest BCUT2D eigenvalue weighted by Gasteiger charge is -2.43. The lowest BCUT2D eigenvalue weighted by molar-refractivity contribution is -0.168. The minimum atomic E-state index is -0.910. The van der Waals surface area contributed by atoms with E-state index in [-0.39, 0.29) is 5.97 Å². The van der Waals surface area contributed by atoms with Crippen LogP contribution in [0.2, 0.25) is 0 Å². The number of nitrogens with zero attached hydrogens (tertiary/aromatic N) is 1. The van der Waals surface area contributed by atoms with E-state index >= 15 is 0 Å². The standard InChI is InChI=1S/C13H17NO3S/c1-4-17-12(16)13(5-8(2)6-13)11(15)10-7-18-9(3)14-10/h7,11,15H,2,4-6H2,1,3H3. The zero-order chi connectivity index (χ0) is 13.3. The summed E-state index contributed by atoms with van der Waals surface area (Å²) >= 11 is 1.46. The smallest absolute Gasteiger partial charge is 0.315 e. The van der Waals surface area contributed by atoms with E-state index in [0.717, 1.165) is 10.6 Å².